The van der Waals surface area contributed by atoms with Crippen LogP contribution in [-0.4, -0.2) is 66.9 Å². The molecule has 0 fully saturated rings. The fraction of sp³-hybridized carbons (Fsp3) is 0.750. The van der Waals surface area contributed by atoms with E-state index in [1.54, 1.807) is 0 Å². The zero-order valence-electron chi connectivity index (χ0n) is 19.7. The van der Waals surface area contributed by atoms with Gasteiger partial charge >= 0.3 is 0 Å². The van der Waals surface area contributed by atoms with Crippen LogP contribution in [0.15, 0.2) is 6.33 Å². The van der Waals surface area contributed by atoms with Gasteiger partial charge in [-0.15, -0.1) is 10.2 Å². The normalized spacial score (nSPS) is 9.49. The van der Waals surface area contributed by atoms with Crippen molar-refractivity contribution in [2.75, 3.05) is 0 Å². The number of rotatable bonds is 4. The van der Waals surface area contributed by atoms with Gasteiger partial charge in [-0.2, -0.15) is 20.7 Å². The second-order valence-corrected chi connectivity index (χ2v) is 7.73. The van der Waals surface area contributed by atoms with Gasteiger partial charge in [0.25, 0.3) is 0 Å². The summed E-state index contributed by atoms with van der Waals surface area (Å²) in [5, 5.41) is 47.7. The Morgan fingerprint density at radius 3 is 1.37 bits per heavy atom. The van der Waals surface area contributed by atoms with E-state index in [0.29, 0.717) is 35.3 Å². The van der Waals surface area contributed by atoms with Crippen molar-refractivity contribution < 1.29 is 0 Å². The van der Waals surface area contributed by atoms with Gasteiger partial charge < -0.3 is 10.2 Å². The lowest BCUT2D eigenvalue weighted by Crippen LogP contribution is -1.91. The maximum atomic E-state index is 3.95. The number of hydrogen-bond acceptors (Lipinski definition) is 11. The van der Waals surface area contributed by atoms with E-state index in [-0.39, 0.29) is 22.3 Å². The van der Waals surface area contributed by atoms with Crippen LogP contribution in [0.1, 0.15) is 125 Å². The molecule has 0 saturated heterocycles. The lowest BCUT2D eigenvalue weighted by molar-refractivity contribution is 0.772. The molecule has 0 aliphatic carbocycles. The molecule has 4 rings (SSSR count). The van der Waals surface area contributed by atoms with E-state index in [9.17, 15) is 0 Å². The zero-order chi connectivity index (χ0) is 23.9. The van der Waals surface area contributed by atoms with Crippen LogP contribution in [0.4, 0.5) is 0 Å². The van der Waals surface area contributed by atoms with Crippen LogP contribution in [0.2, 0.25) is 0 Å². The molecule has 0 unspecified atom stereocenters. The molecule has 0 aliphatic heterocycles. The Balaban J connectivity index is -0.000000379. The maximum Gasteiger partial charge on any atom is 0.177 e. The summed E-state index contributed by atoms with van der Waals surface area (Å²) in [4.78, 5) is 3.95. The Hall–Kier alpha value is -3.65. The molecule has 4 aromatic heterocycles. The third-order valence-electron chi connectivity index (χ3n) is 3.56. The van der Waals surface area contributed by atoms with Crippen LogP contribution in [0.5, 0.6) is 0 Å². The Kier molecular flexibility index (Phi) is 20.3. The summed E-state index contributed by atoms with van der Waals surface area (Å²) in [5.41, 5.74) is 0. The minimum atomic E-state index is 0. The second kappa shape index (κ2) is 19.8. The minimum absolute atomic E-state index is 0. The molecule has 4 aromatic rings. The van der Waals surface area contributed by atoms with Gasteiger partial charge in [0.1, 0.15) is 12.2 Å². The summed E-state index contributed by atoms with van der Waals surface area (Å²) < 4.78 is 0. The molecule has 0 aliphatic rings. The molecule has 4 heterocycles. The smallest absolute Gasteiger partial charge is 0.177 e. The van der Waals surface area contributed by atoms with E-state index in [4.69, 9.17) is 0 Å². The topological polar surface area (TPSA) is 202 Å². The average molecular weight is 494 g/mol. The Morgan fingerprint density at radius 1 is 0.686 bits per heavy atom. The van der Waals surface area contributed by atoms with Crippen LogP contribution in [-0.2, 0) is 0 Å². The molecule has 2 N–H and O–H groups in total. The van der Waals surface area contributed by atoms with Gasteiger partial charge in [-0.3, -0.25) is 25.7 Å². The van der Waals surface area contributed by atoms with E-state index in [1.807, 2.05) is 41.5 Å². The summed E-state index contributed by atoms with van der Waals surface area (Å²) in [6.45, 7) is 16.2. The fourth-order valence-electron chi connectivity index (χ4n) is 1.67. The highest BCUT2D eigenvalue weighted by Gasteiger charge is 2.00. The standard InChI is InChI=1S/C5H9N3.C4H8N4.2C4H7N4.3CH4/c1-4(2)5-6-3-7-8-5;3*1-3(2)4-5-7-8-6-4;;;/h3-4H,1-2H3,(H,6,7,8);3H,1-2H3,(H,5,6,7,8);2*3H,1-2H3;3*1H4/q;;2*-1;;;. The molecule has 0 spiro atoms. The minimum Gasteiger partial charge on any atom is -0.335 e. The summed E-state index contributed by atoms with van der Waals surface area (Å²) in [6.07, 6.45) is 1.52. The molecule has 0 aromatic carbocycles. The number of aromatic amines is 2. The molecule has 15 nitrogen and oxygen atoms in total. The van der Waals surface area contributed by atoms with Crippen molar-refractivity contribution in [1.82, 2.24) is 77.1 Å². The van der Waals surface area contributed by atoms with Gasteiger partial charge in [-0.1, -0.05) is 82.9 Å². The van der Waals surface area contributed by atoms with E-state index in [2.05, 4.69) is 90.9 Å². The molecular weight excluding hydrogens is 450 g/mol. The van der Waals surface area contributed by atoms with Crippen molar-refractivity contribution in [3.05, 3.63) is 29.6 Å². The van der Waals surface area contributed by atoms with E-state index in [0.717, 1.165) is 11.6 Å². The first-order chi connectivity index (χ1) is 15.2. The zero-order valence-corrected chi connectivity index (χ0v) is 19.7. The van der Waals surface area contributed by atoms with Crippen LogP contribution in [0, 0.1) is 0 Å². The number of nitrogens with zero attached hydrogens (tertiary/aromatic N) is 13. The quantitative estimate of drug-likeness (QED) is 0.420. The summed E-state index contributed by atoms with van der Waals surface area (Å²) in [6, 6.07) is 0. The van der Waals surface area contributed by atoms with Gasteiger partial charge in [-0.05, 0) is 11.8 Å². The van der Waals surface area contributed by atoms with E-state index >= 15 is 0 Å². The Morgan fingerprint density at radius 2 is 1.20 bits per heavy atom. The molecule has 0 saturated carbocycles. The second-order valence-electron chi connectivity index (χ2n) is 7.73. The highest BCUT2D eigenvalue weighted by atomic mass is 15.5. The van der Waals surface area contributed by atoms with Crippen molar-refractivity contribution in [3.8, 4) is 0 Å². The third kappa shape index (κ3) is 15.0. The predicted molar refractivity (Wildman–Crippen MR) is 133 cm³/mol. The molecule has 0 amide bonds. The molecule has 0 atom stereocenters. The first-order valence-corrected chi connectivity index (χ1v) is 10.2. The van der Waals surface area contributed by atoms with Crippen molar-refractivity contribution in [2.45, 2.75) is 101 Å². The van der Waals surface area contributed by atoms with E-state index < -0.39 is 0 Å². The fourth-order valence-corrected chi connectivity index (χ4v) is 1.67. The van der Waals surface area contributed by atoms with E-state index in [1.165, 1.54) is 6.33 Å². The first kappa shape index (κ1) is 35.9. The number of hydrogen-bond donors (Lipinski definition) is 2. The summed E-state index contributed by atoms with van der Waals surface area (Å²) >= 11 is 0. The lowest BCUT2D eigenvalue weighted by atomic mass is 10.2. The van der Waals surface area contributed by atoms with Crippen molar-refractivity contribution in [3.63, 3.8) is 0 Å². The van der Waals surface area contributed by atoms with Gasteiger partial charge in [0.15, 0.2) is 5.82 Å². The summed E-state index contributed by atoms with van der Waals surface area (Å²) in [5.74, 6) is 4.64. The molecule has 35 heavy (non-hydrogen) atoms. The number of nitrogens with one attached hydrogen (secondary N) is 2. The van der Waals surface area contributed by atoms with Crippen LogP contribution in [0.3, 0.4) is 0 Å². The highest BCUT2D eigenvalue weighted by Crippen LogP contribution is 2.05. The van der Waals surface area contributed by atoms with Gasteiger partial charge in [0.2, 0.25) is 0 Å². The lowest BCUT2D eigenvalue weighted by Gasteiger charge is -1.99. The van der Waals surface area contributed by atoms with Crippen LogP contribution >= 0.6 is 0 Å². The monoisotopic (exact) mass is 493 g/mol. The van der Waals surface area contributed by atoms with Crippen molar-refractivity contribution >= 4 is 0 Å². The molecule has 200 valence electrons. The SMILES string of the molecule is C.C.C.CC(C)c1ncn[nH]1.CC(C)c1nn[nH]n1.CC(C)c1nnn[n-]1.CC(C)c1nnn[n-]1. The third-order valence-corrected chi connectivity index (χ3v) is 3.56. The Labute approximate surface area is 208 Å². The average Bonchev–Trinajstić information content (AvgIpc) is 3.56. The van der Waals surface area contributed by atoms with Crippen molar-refractivity contribution in [2.24, 2.45) is 0 Å². The maximum absolute atomic E-state index is 3.95. The van der Waals surface area contributed by atoms with Gasteiger partial charge in [0.05, 0.1) is 0 Å². The number of H-pyrrole nitrogens is 2. The largest absolute Gasteiger partial charge is 0.335 e. The van der Waals surface area contributed by atoms with Crippen LogP contribution < -0.4 is 10.2 Å². The number of tetrazole rings is 3. The molecule has 0 bridgehead atoms. The molecule has 15 heteroatoms. The molecular formula is C20H43N15-2. The number of aromatic nitrogens is 15. The first-order valence-electron chi connectivity index (χ1n) is 10.2. The summed E-state index contributed by atoms with van der Waals surface area (Å²) in [7, 11) is 0. The van der Waals surface area contributed by atoms with Crippen LogP contribution in [0.25, 0.3) is 0 Å². The predicted octanol–water partition coefficient (Wildman–Crippen LogP) is 3.06. The Bertz CT molecular complexity index is 728. The van der Waals surface area contributed by atoms with Gasteiger partial charge in [-0.25, -0.2) is 4.98 Å². The molecule has 0 radical (unpaired) electrons. The van der Waals surface area contributed by atoms with Gasteiger partial charge in [0, 0.05) is 23.5 Å². The van der Waals surface area contributed by atoms with Crippen molar-refractivity contribution in [1.29, 1.82) is 0 Å². The highest BCUT2D eigenvalue weighted by molar-refractivity contribution is 4.86.